The lowest BCUT2D eigenvalue weighted by atomic mass is 10.2. The van der Waals surface area contributed by atoms with Gasteiger partial charge in [-0.1, -0.05) is 13.3 Å². The van der Waals surface area contributed by atoms with Gasteiger partial charge in [0.15, 0.2) is 5.78 Å². The van der Waals surface area contributed by atoms with Gasteiger partial charge in [0.2, 0.25) is 0 Å². The Morgan fingerprint density at radius 2 is 2.38 bits per heavy atom. The summed E-state index contributed by atoms with van der Waals surface area (Å²) in [6, 6.07) is 0.678. The lowest BCUT2D eigenvalue weighted by Gasteiger charge is -2.04. The molecule has 1 fully saturated rings. The summed E-state index contributed by atoms with van der Waals surface area (Å²) >= 11 is 0. The Hall–Kier alpha value is -0.790. The first-order valence-electron chi connectivity index (χ1n) is 5.29. The van der Waals surface area contributed by atoms with Crippen LogP contribution in [0.5, 0.6) is 0 Å². The van der Waals surface area contributed by atoms with Crippen molar-refractivity contribution in [3.8, 4) is 0 Å². The second kappa shape index (κ2) is 3.52. The average Bonchev–Trinajstić information content (AvgIpc) is 2.66. The molecule has 2 atom stereocenters. The van der Waals surface area contributed by atoms with Crippen LogP contribution in [0.15, 0.2) is 11.8 Å². The normalized spacial score (nSPS) is 31.8. The summed E-state index contributed by atoms with van der Waals surface area (Å²) in [5.41, 5.74) is 1.17. The van der Waals surface area contributed by atoms with E-state index in [9.17, 15) is 4.79 Å². The summed E-state index contributed by atoms with van der Waals surface area (Å²) in [4.78, 5) is 10.9. The Morgan fingerprint density at radius 1 is 1.54 bits per heavy atom. The maximum absolute atomic E-state index is 10.9. The van der Waals surface area contributed by atoms with Gasteiger partial charge in [0.1, 0.15) is 0 Å². The van der Waals surface area contributed by atoms with Crippen LogP contribution in [0.1, 0.15) is 39.0 Å². The predicted molar refractivity (Wildman–Crippen MR) is 52.3 cm³/mol. The second-order valence-corrected chi connectivity index (χ2v) is 4.17. The van der Waals surface area contributed by atoms with E-state index in [1.165, 1.54) is 25.0 Å². The Morgan fingerprint density at radius 3 is 3.00 bits per heavy atom. The van der Waals surface area contributed by atoms with Gasteiger partial charge < -0.3 is 5.32 Å². The summed E-state index contributed by atoms with van der Waals surface area (Å²) in [7, 11) is 0. The number of nitrogens with one attached hydrogen (secondary N) is 1. The fourth-order valence-electron chi connectivity index (χ4n) is 2.06. The van der Waals surface area contributed by atoms with Crippen LogP contribution in [-0.4, -0.2) is 11.8 Å². The topological polar surface area (TPSA) is 29.1 Å². The maximum atomic E-state index is 10.9. The number of rotatable bonds is 4. The Kier molecular flexibility index (Phi) is 2.38. The molecule has 72 valence electrons. The van der Waals surface area contributed by atoms with E-state index in [1.807, 2.05) is 0 Å². The molecule has 2 unspecified atom stereocenters. The highest BCUT2D eigenvalue weighted by Crippen LogP contribution is 2.35. The van der Waals surface area contributed by atoms with Crippen molar-refractivity contribution in [3.63, 3.8) is 0 Å². The highest BCUT2D eigenvalue weighted by Gasteiger charge is 2.36. The molecule has 2 aliphatic carbocycles. The number of ketones is 1. The van der Waals surface area contributed by atoms with Crippen LogP contribution in [0.25, 0.3) is 0 Å². The maximum Gasteiger partial charge on any atom is 0.157 e. The molecule has 0 aliphatic heterocycles. The SMILES string of the molecule is CCCC1CC1NC1=CC(=O)CC1. The molecule has 13 heavy (non-hydrogen) atoms. The molecule has 2 nitrogen and oxygen atoms in total. The van der Waals surface area contributed by atoms with Crippen LogP contribution >= 0.6 is 0 Å². The average molecular weight is 179 g/mol. The zero-order valence-corrected chi connectivity index (χ0v) is 8.18. The third-order valence-corrected chi connectivity index (χ3v) is 2.93. The zero-order chi connectivity index (χ0) is 9.26. The lowest BCUT2D eigenvalue weighted by molar-refractivity contribution is -0.114. The Labute approximate surface area is 79.4 Å². The summed E-state index contributed by atoms with van der Waals surface area (Å²) in [5, 5.41) is 3.46. The van der Waals surface area contributed by atoms with Gasteiger partial charge in [-0.3, -0.25) is 4.79 Å². The molecule has 0 amide bonds. The van der Waals surface area contributed by atoms with Gasteiger partial charge in [-0.25, -0.2) is 0 Å². The monoisotopic (exact) mass is 179 g/mol. The van der Waals surface area contributed by atoms with Gasteiger partial charge in [-0.15, -0.1) is 0 Å². The minimum absolute atomic E-state index is 0.287. The van der Waals surface area contributed by atoms with Crippen molar-refractivity contribution in [2.45, 2.75) is 45.1 Å². The number of hydrogen-bond donors (Lipinski definition) is 1. The minimum Gasteiger partial charge on any atom is -0.385 e. The molecule has 0 radical (unpaired) electrons. The summed E-state index contributed by atoms with van der Waals surface area (Å²) in [5.74, 6) is 1.16. The Bertz CT molecular complexity index is 244. The van der Waals surface area contributed by atoms with Gasteiger partial charge in [-0.2, -0.15) is 0 Å². The molecule has 0 aromatic rings. The Balaban J connectivity index is 1.75. The van der Waals surface area contributed by atoms with Crippen LogP contribution in [0.2, 0.25) is 0 Å². The van der Waals surface area contributed by atoms with E-state index in [2.05, 4.69) is 12.2 Å². The van der Waals surface area contributed by atoms with Gasteiger partial charge in [0.05, 0.1) is 0 Å². The molecule has 0 heterocycles. The van der Waals surface area contributed by atoms with Crippen LogP contribution in [0.4, 0.5) is 0 Å². The van der Waals surface area contributed by atoms with Gasteiger partial charge in [-0.05, 0) is 25.2 Å². The van der Waals surface area contributed by atoms with Gasteiger partial charge >= 0.3 is 0 Å². The van der Waals surface area contributed by atoms with E-state index in [0.29, 0.717) is 12.5 Å². The number of hydrogen-bond acceptors (Lipinski definition) is 2. The van der Waals surface area contributed by atoms with Crippen molar-refractivity contribution < 1.29 is 4.79 Å². The smallest absolute Gasteiger partial charge is 0.157 e. The van der Waals surface area contributed by atoms with Crippen LogP contribution in [-0.2, 0) is 4.79 Å². The predicted octanol–water partition coefficient (Wildman–Crippen LogP) is 2.01. The molecule has 2 rings (SSSR count). The molecule has 2 heteroatoms. The molecular formula is C11H17NO. The van der Waals surface area contributed by atoms with E-state index in [0.717, 1.165) is 12.3 Å². The highest BCUT2D eigenvalue weighted by molar-refractivity contribution is 5.92. The second-order valence-electron chi connectivity index (χ2n) is 4.17. The van der Waals surface area contributed by atoms with E-state index >= 15 is 0 Å². The fourth-order valence-corrected chi connectivity index (χ4v) is 2.06. The molecular weight excluding hydrogens is 162 g/mol. The number of carbonyl (C=O) groups excluding carboxylic acids is 1. The van der Waals surface area contributed by atoms with Crippen LogP contribution in [0, 0.1) is 5.92 Å². The van der Waals surface area contributed by atoms with E-state index < -0.39 is 0 Å². The van der Waals surface area contributed by atoms with Crippen molar-refractivity contribution in [3.05, 3.63) is 11.8 Å². The zero-order valence-electron chi connectivity index (χ0n) is 8.18. The molecule has 1 N–H and O–H groups in total. The quantitative estimate of drug-likeness (QED) is 0.715. The first kappa shape index (κ1) is 8.79. The van der Waals surface area contributed by atoms with Crippen molar-refractivity contribution in [1.82, 2.24) is 5.32 Å². The van der Waals surface area contributed by atoms with E-state index in [4.69, 9.17) is 0 Å². The largest absolute Gasteiger partial charge is 0.385 e. The summed E-state index contributed by atoms with van der Waals surface area (Å²) < 4.78 is 0. The molecule has 0 bridgehead atoms. The fraction of sp³-hybridized carbons (Fsp3) is 0.727. The molecule has 2 aliphatic rings. The minimum atomic E-state index is 0.287. The molecule has 0 spiro atoms. The van der Waals surface area contributed by atoms with Gasteiger partial charge in [0, 0.05) is 24.2 Å². The molecule has 1 saturated carbocycles. The van der Waals surface area contributed by atoms with E-state index in [-0.39, 0.29) is 5.78 Å². The first-order chi connectivity index (χ1) is 6.29. The lowest BCUT2D eigenvalue weighted by Crippen LogP contribution is -2.16. The summed E-state index contributed by atoms with van der Waals surface area (Å²) in [6.07, 6.45) is 7.35. The van der Waals surface area contributed by atoms with Crippen molar-refractivity contribution >= 4 is 5.78 Å². The number of carbonyl (C=O) groups is 1. The standard InChI is InChI=1S/C11H17NO/c1-2-3-8-6-11(8)12-9-4-5-10(13)7-9/h7-8,11-12H,2-6H2,1H3. The van der Waals surface area contributed by atoms with Gasteiger partial charge in [0.25, 0.3) is 0 Å². The molecule has 0 aromatic carbocycles. The summed E-state index contributed by atoms with van der Waals surface area (Å²) in [6.45, 7) is 2.23. The first-order valence-corrected chi connectivity index (χ1v) is 5.29. The highest BCUT2D eigenvalue weighted by atomic mass is 16.1. The molecule has 0 saturated heterocycles. The van der Waals surface area contributed by atoms with Crippen LogP contribution < -0.4 is 5.32 Å². The van der Waals surface area contributed by atoms with Crippen molar-refractivity contribution in [1.29, 1.82) is 0 Å². The van der Waals surface area contributed by atoms with E-state index in [1.54, 1.807) is 6.08 Å². The van der Waals surface area contributed by atoms with Crippen molar-refractivity contribution in [2.75, 3.05) is 0 Å². The third kappa shape index (κ3) is 2.11. The van der Waals surface area contributed by atoms with Crippen LogP contribution in [0.3, 0.4) is 0 Å². The third-order valence-electron chi connectivity index (χ3n) is 2.93. The molecule has 0 aromatic heterocycles. The van der Waals surface area contributed by atoms with Crippen molar-refractivity contribution in [2.24, 2.45) is 5.92 Å². The number of allylic oxidation sites excluding steroid dienone is 2.